The van der Waals surface area contributed by atoms with Gasteiger partial charge in [-0.2, -0.15) is 0 Å². The highest BCUT2D eigenvalue weighted by molar-refractivity contribution is 7.80. The van der Waals surface area contributed by atoms with E-state index in [-0.39, 0.29) is 5.97 Å². The van der Waals surface area contributed by atoms with Gasteiger partial charge in [-0.15, -0.1) is 0 Å². The molecule has 0 heterocycles. The lowest BCUT2D eigenvalue weighted by molar-refractivity contribution is 0.0526. The molecule has 0 aliphatic carbocycles. The third kappa shape index (κ3) is 4.79. The Bertz CT molecular complexity index is 729. The summed E-state index contributed by atoms with van der Waals surface area (Å²) in [6.07, 6.45) is 0. The summed E-state index contributed by atoms with van der Waals surface area (Å²) in [5.41, 5.74) is 4.58. The number of benzene rings is 2. The summed E-state index contributed by atoms with van der Waals surface area (Å²) in [6.45, 7) is 6.25. The summed E-state index contributed by atoms with van der Waals surface area (Å²) in [7, 11) is 0. The van der Waals surface area contributed by atoms with Crippen LogP contribution >= 0.6 is 12.2 Å². The van der Waals surface area contributed by atoms with Gasteiger partial charge < -0.3 is 15.4 Å². The Labute approximate surface area is 141 Å². The summed E-state index contributed by atoms with van der Waals surface area (Å²) >= 11 is 5.32. The molecule has 0 radical (unpaired) electrons. The van der Waals surface area contributed by atoms with Gasteiger partial charge in [-0.05, 0) is 74.4 Å². The lowest BCUT2D eigenvalue weighted by Crippen LogP contribution is -2.19. The van der Waals surface area contributed by atoms with Crippen molar-refractivity contribution in [3.63, 3.8) is 0 Å². The van der Waals surface area contributed by atoms with Crippen LogP contribution in [0.15, 0.2) is 42.5 Å². The Balaban J connectivity index is 2.03. The van der Waals surface area contributed by atoms with Crippen LogP contribution in [0.25, 0.3) is 0 Å². The molecule has 0 unspecified atom stereocenters. The molecular weight excluding hydrogens is 308 g/mol. The molecule has 0 bridgehead atoms. The lowest BCUT2D eigenvalue weighted by atomic mass is 10.1. The van der Waals surface area contributed by atoms with Crippen molar-refractivity contribution in [3.8, 4) is 0 Å². The molecule has 0 aromatic heterocycles. The monoisotopic (exact) mass is 328 g/mol. The number of hydrogen-bond donors (Lipinski definition) is 2. The third-order valence-corrected chi connectivity index (χ3v) is 3.60. The van der Waals surface area contributed by atoms with Gasteiger partial charge in [-0.3, -0.25) is 0 Å². The molecule has 0 saturated carbocycles. The van der Waals surface area contributed by atoms with Crippen LogP contribution in [0.4, 0.5) is 11.4 Å². The number of thiocarbonyl (C=S) groups is 1. The van der Waals surface area contributed by atoms with Gasteiger partial charge in [0.05, 0.1) is 12.2 Å². The van der Waals surface area contributed by atoms with Gasteiger partial charge in [0.15, 0.2) is 5.11 Å². The minimum absolute atomic E-state index is 0.343. The SMILES string of the molecule is CCOC(=O)c1cccc(NC(=S)Nc2ccc(C)c(C)c2)c1. The van der Waals surface area contributed by atoms with E-state index < -0.39 is 0 Å². The standard InChI is InChI=1S/C18H20N2O2S/c1-4-22-17(21)14-6-5-7-15(11-14)19-18(23)20-16-9-8-12(2)13(3)10-16/h5-11H,4H2,1-3H3,(H2,19,20,23). The van der Waals surface area contributed by atoms with E-state index in [0.29, 0.717) is 17.3 Å². The summed E-state index contributed by atoms with van der Waals surface area (Å²) in [4.78, 5) is 11.7. The number of nitrogens with one attached hydrogen (secondary N) is 2. The maximum atomic E-state index is 11.7. The number of carbonyl (C=O) groups is 1. The highest BCUT2D eigenvalue weighted by atomic mass is 32.1. The van der Waals surface area contributed by atoms with Crippen molar-refractivity contribution in [2.45, 2.75) is 20.8 Å². The van der Waals surface area contributed by atoms with Crippen LogP contribution in [0, 0.1) is 13.8 Å². The van der Waals surface area contributed by atoms with Gasteiger partial charge in [-0.1, -0.05) is 12.1 Å². The van der Waals surface area contributed by atoms with Crippen molar-refractivity contribution >= 4 is 34.7 Å². The zero-order chi connectivity index (χ0) is 16.8. The molecule has 5 heteroatoms. The highest BCUT2D eigenvalue weighted by Gasteiger charge is 2.07. The minimum Gasteiger partial charge on any atom is -0.462 e. The second-order valence-electron chi connectivity index (χ2n) is 5.18. The first kappa shape index (κ1) is 17.0. The van der Waals surface area contributed by atoms with Gasteiger partial charge in [0.2, 0.25) is 0 Å². The highest BCUT2D eigenvalue weighted by Crippen LogP contribution is 2.16. The van der Waals surface area contributed by atoms with E-state index >= 15 is 0 Å². The molecule has 4 nitrogen and oxygen atoms in total. The van der Waals surface area contributed by atoms with Gasteiger partial charge in [0, 0.05) is 11.4 Å². The van der Waals surface area contributed by atoms with Crippen LogP contribution in [0.2, 0.25) is 0 Å². The van der Waals surface area contributed by atoms with Crippen molar-refractivity contribution in [2.24, 2.45) is 0 Å². The average Bonchev–Trinajstić information content (AvgIpc) is 2.51. The number of ether oxygens (including phenoxy) is 1. The minimum atomic E-state index is -0.343. The van der Waals surface area contributed by atoms with Gasteiger partial charge >= 0.3 is 5.97 Å². The number of hydrogen-bond acceptors (Lipinski definition) is 3. The van der Waals surface area contributed by atoms with Gasteiger partial charge in [-0.25, -0.2) is 4.79 Å². The van der Waals surface area contributed by atoms with Crippen molar-refractivity contribution in [1.82, 2.24) is 0 Å². The molecule has 0 atom stereocenters. The number of carbonyl (C=O) groups excluding carboxylic acids is 1. The first-order chi connectivity index (χ1) is 11.0. The molecule has 0 aliphatic rings. The van der Waals surface area contributed by atoms with Crippen molar-refractivity contribution < 1.29 is 9.53 Å². The van der Waals surface area contributed by atoms with Crippen molar-refractivity contribution in [2.75, 3.05) is 17.2 Å². The third-order valence-electron chi connectivity index (χ3n) is 3.40. The number of anilines is 2. The van der Waals surface area contributed by atoms with Crippen LogP contribution in [0.3, 0.4) is 0 Å². The molecule has 2 N–H and O–H groups in total. The zero-order valence-corrected chi connectivity index (χ0v) is 14.3. The molecule has 23 heavy (non-hydrogen) atoms. The first-order valence-electron chi connectivity index (χ1n) is 7.42. The predicted octanol–water partition coefficient (Wildman–Crippen LogP) is 4.29. The van der Waals surface area contributed by atoms with Crippen LogP contribution < -0.4 is 10.6 Å². The molecule has 2 aromatic rings. The molecule has 0 amide bonds. The topological polar surface area (TPSA) is 50.4 Å². The van der Waals surface area contributed by atoms with E-state index in [2.05, 4.69) is 24.5 Å². The number of aryl methyl sites for hydroxylation is 2. The lowest BCUT2D eigenvalue weighted by Gasteiger charge is -2.12. The Morgan fingerprint density at radius 1 is 1.04 bits per heavy atom. The van der Waals surface area contributed by atoms with Crippen molar-refractivity contribution in [1.29, 1.82) is 0 Å². The van der Waals surface area contributed by atoms with Gasteiger partial charge in [0.25, 0.3) is 0 Å². The summed E-state index contributed by atoms with van der Waals surface area (Å²) in [5.74, 6) is -0.343. The quantitative estimate of drug-likeness (QED) is 0.648. The first-order valence-corrected chi connectivity index (χ1v) is 7.83. The van der Waals surface area contributed by atoms with E-state index in [1.807, 2.05) is 24.3 Å². The summed E-state index contributed by atoms with van der Waals surface area (Å²) in [5, 5.41) is 6.68. The molecule has 2 aromatic carbocycles. The Morgan fingerprint density at radius 3 is 2.39 bits per heavy atom. The molecule has 0 fully saturated rings. The maximum absolute atomic E-state index is 11.7. The van der Waals surface area contributed by atoms with Crippen LogP contribution in [0.5, 0.6) is 0 Å². The number of rotatable bonds is 4. The molecule has 120 valence electrons. The van der Waals surface area contributed by atoms with Crippen LogP contribution in [-0.2, 0) is 4.74 Å². The second kappa shape index (κ2) is 7.74. The zero-order valence-electron chi connectivity index (χ0n) is 13.5. The van der Waals surface area contributed by atoms with E-state index in [4.69, 9.17) is 17.0 Å². The Kier molecular flexibility index (Phi) is 5.71. The van der Waals surface area contributed by atoms with Crippen LogP contribution in [-0.4, -0.2) is 17.7 Å². The second-order valence-corrected chi connectivity index (χ2v) is 5.59. The fourth-order valence-corrected chi connectivity index (χ4v) is 2.29. The summed E-state index contributed by atoms with van der Waals surface area (Å²) < 4.78 is 4.99. The molecule has 2 rings (SSSR count). The molecule has 0 saturated heterocycles. The predicted molar refractivity (Wildman–Crippen MR) is 98.2 cm³/mol. The molecular formula is C18H20N2O2S. The molecule has 0 spiro atoms. The summed E-state index contributed by atoms with van der Waals surface area (Å²) in [6, 6.07) is 13.1. The van der Waals surface area contributed by atoms with E-state index in [0.717, 1.165) is 11.4 Å². The smallest absolute Gasteiger partial charge is 0.338 e. The largest absolute Gasteiger partial charge is 0.462 e. The van der Waals surface area contributed by atoms with E-state index in [1.54, 1.807) is 25.1 Å². The van der Waals surface area contributed by atoms with Crippen molar-refractivity contribution in [3.05, 3.63) is 59.2 Å². The maximum Gasteiger partial charge on any atom is 0.338 e. The van der Waals surface area contributed by atoms with Crippen LogP contribution in [0.1, 0.15) is 28.4 Å². The Morgan fingerprint density at radius 2 is 1.74 bits per heavy atom. The fourth-order valence-electron chi connectivity index (χ4n) is 2.05. The van der Waals surface area contributed by atoms with E-state index in [9.17, 15) is 4.79 Å². The number of esters is 1. The Hall–Kier alpha value is -2.40. The fraction of sp³-hybridized carbons (Fsp3) is 0.222. The average molecular weight is 328 g/mol. The molecule has 0 aliphatic heterocycles. The normalized spacial score (nSPS) is 10.0. The van der Waals surface area contributed by atoms with E-state index in [1.165, 1.54) is 11.1 Å². The van der Waals surface area contributed by atoms with Gasteiger partial charge in [0.1, 0.15) is 0 Å².